The molecular formula is C18H19F3N2O. The molecule has 0 saturated heterocycles. The molecule has 0 radical (unpaired) electrons. The number of amides is 1. The van der Waals surface area contributed by atoms with Gasteiger partial charge in [0.05, 0.1) is 5.56 Å². The van der Waals surface area contributed by atoms with Crippen molar-refractivity contribution in [2.75, 3.05) is 10.6 Å². The lowest BCUT2D eigenvalue weighted by atomic mass is 10.1. The van der Waals surface area contributed by atoms with E-state index in [1.807, 2.05) is 32.0 Å². The molecule has 0 aromatic heterocycles. The molecule has 0 fully saturated rings. The largest absolute Gasteiger partial charge is 0.416 e. The lowest BCUT2D eigenvalue weighted by Gasteiger charge is -2.16. The van der Waals surface area contributed by atoms with Gasteiger partial charge in [-0.1, -0.05) is 6.07 Å². The van der Waals surface area contributed by atoms with Gasteiger partial charge in [-0.15, -0.1) is 0 Å². The maximum absolute atomic E-state index is 12.5. The number of aryl methyl sites for hydroxylation is 2. The molecule has 0 heterocycles. The Labute approximate surface area is 138 Å². The van der Waals surface area contributed by atoms with E-state index in [2.05, 4.69) is 10.6 Å². The van der Waals surface area contributed by atoms with Crippen LogP contribution < -0.4 is 10.6 Å². The summed E-state index contributed by atoms with van der Waals surface area (Å²) in [7, 11) is 0. The molecule has 0 aliphatic rings. The van der Waals surface area contributed by atoms with Crippen LogP contribution in [0.1, 0.15) is 23.6 Å². The van der Waals surface area contributed by atoms with Crippen LogP contribution in [0, 0.1) is 13.8 Å². The van der Waals surface area contributed by atoms with Crippen molar-refractivity contribution in [1.29, 1.82) is 0 Å². The molecule has 128 valence electrons. The summed E-state index contributed by atoms with van der Waals surface area (Å²) in [5.41, 5.74) is 2.65. The van der Waals surface area contributed by atoms with Gasteiger partial charge in [0.15, 0.2) is 0 Å². The number of nitrogens with one attached hydrogen (secondary N) is 2. The van der Waals surface area contributed by atoms with Crippen molar-refractivity contribution in [2.45, 2.75) is 33.0 Å². The van der Waals surface area contributed by atoms with Crippen molar-refractivity contribution in [3.05, 3.63) is 59.2 Å². The number of anilines is 2. The first kappa shape index (κ1) is 17.8. The second-order valence-corrected chi connectivity index (χ2v) is 5.73. The third-order valence-electron chi connectivity index (χ3n) is 3.76. The molecule has 0 aliphatic heterocycles. The highest BCUT2D eigenvalue weighted by Gasteiger charge is 2.30. The lowest BCUT2D eigenvalue weighted by Crippen LogP contribution is -2.31. The number of halogens is 3. The molecule has 6 heteroatoms. The Morgan fingerprint density at radius 3 is 2.08 bits per heavy atom. The number of rotatable bonds is 4. The third kappa shape index (κ3) is 4.50. The quantitative estimate of drug-likeness (QED) is 0.845. The first-order valence-corrected chi connectivity index (χ1v) is 7.49. The summed E-state index contributed by atoms with van der Waals surface area (Å²) >= 11 is 0. The maximum Gasteiger partial charge on any atom is 0.416 e. The average Bonchev–Trinajstić information content (AvgIpc) is 2.50. The SMILES string of the molecule is Cc1ccc(N[C@H](C)C(=O)Nc2ccc(C(F)(F)F)cc2)cc1C. The van der Waals surface area contributed by atoms with Gasteiger partial charge in [-0.05, 0) is 68.3 Å². The topological polar surface area (TPSA) is 41.1 Å². The van der Waals surface area contributed by atoms with Crippen LogP contribution in [0.4, 0.5) is 24.5 Å². The van der Waals surface area contributed by atoms with Crippen LogP contribution in [0.5, 0.6) is 0 Å². The smallest absolute Gasteiger partial charge is 0.374 e. The van der Waals surface area contributed by atoms with Crippen molar-refractivity contribution in [1.82, 2.24) is 0 Å². The minimum Gasteiger partial charge on any atom is -0.374 e. The molecule has 2 aromatic rings. The Hall–Kier alpha value is -2.50. The van der Waals surface area contributed by atoms with Crippen molar-refractivity contribution in [3.8, 4) is 0 Å². The van der Waals surface area contributed by atoms with Gasteiger partial charge < -0.3 is 10.6 Å². The van der Waals surface area contributed by atoms with E-state index < -0.39 is 17.8 Å². The number of carbonyl (C=O) groups excluding carboxylic acids is 1. The highest BCUT2D eigenvalue weighted by Crippen LogP contribution is 2.29. The van der Waals surface area contributed by atoms with Crippen LogP contribution in [0.2, 0.25) is 0 Å². The normalized spacial score (nSPS) is 12.6. The Morgan fingerprint density at radius 2 is 1.54 bits per heavy atom. The summed E-state index contributed by atoms with van der Waals surface area (Å²) in [6, 6.07) is 9.61. The van der Waals surface area contributed by atoms with Gasteiger partial charge in [0.25, 0.3) is 0 Å². The lowest BCUT2D eigenvalue weighted by molar-refractivity contribution is -0.137. The second-order valence-electron chi connectivity index (χ2n) is 5.73. The van der Waals surface area contributed by atoms with Gasteiger partial charge in [-0.3, -0.25) is 4.79 Å². The average molecular weight is 336 g/mol. The Bertz CT molecular complexity index is 724. The number of alkyl halides is 3. The fourth-order valence-corrected chi connectivity index (χ4v) is 2.14. The summed E-state index contributed by atoms with van der Waals surface area (Å²) in [5.74, 6) is -0.326. The van der Waals surface area contributed by atoms with Crippen molar-refractivity contribution < 1.29 is 18.0 Å². The summed E-state index contributed by atoms with van der Waals surface area (Å²) < 4.78 is 37.5. The van der Waals surface area contributed by atoms with E-state index in [1.165, 1.54) is 12.1 Å². The standard InChI is InChI=1S/C18H19F3N2O/c1-11-4-7-16(10-12(11)2)22-13(3)17(24)23-15-8-5-14(6-9-15)18(19,20)21/h4-10,13,22H,1-3H3,(H,23,24)/t13-/m1/s1. The number of benzene rings is 2. The summed E-state index contributed by atoms with van der Waals surface area (Å²) in [5, 5.41) is 5.67. The highest BCUT2D eigenvalue weighted by atomic mass is 19.4. The number of hydrogen-bond acceptors (Lipinski definition) is 2. The van der Waals surface area contributed by atoms with Crippen LogP contribution in [0.15, 0.2) is 42.5 Å². The second kappa shape index (κ2) is 6.95. The van der Waals surface area contributed by atoms with Gasteiger partial charge in [0.1, 0.15) is 6.04 Å². The zero-order valence-electron chi connectivity index (χ0n) is 13.7. The molecule has 3 nitrogen and oxygen atoms in total. The van der Waals surface area contributed by atoms with E-state index in [1.54, 1.807) is 6.92 Å². The van der Waals surface area contributed by atoms with Gasteiger partial charge in [-0.2, -0.15) is 13.2 Å². The third-order valence-corrected chi connectivity index (χ3v) is 3.76. The van der Waals surface area contributed by atoms with Crippen molar-refractivity contribution in [2.24, 2.45) is 0 Å². The fraction of sp³-hybridized carbons (Fsp3) is 0.278. The fourth-order valence-electron chi connectivity index (χ4n) is 2.14. The van der Waals surface area contributed by atoms with Gasteiger partial charge in [-0.25, -0.2) is 0 Å². The zero-order chi connectivity index (χ0) is 17.9. The van der Waals surface area contributed by atoms with E-state index >= 15 is 0 Å². The van der Waals surface area contributed by atoms with Crippen molar-refractivity contribution >= 4 is 17.3 Å². The summed E-state index contributed by atoms with van der Waals surface area (Å²) in [4.78, 5) is 12.2. The number of carbonyl (C=O) groups is 1. The molecule has 0 saturated carbocycles. The van der Waals surface area contributed by atoms with E-state index in [-0.39, 0.29) is 5.91 Å². The minimum absolute atomic E-state index is 0.321. The monoisotopic (exact) mass is 336 g/mol. The molecule has 0 spiro atoms. The molecule has 24 heavy (non-hydrogen) atoms. The Morgan fingerprint density at radius 1 is 0.958 bits per heavy atom. The predicted molar refractivity (Wildman–Crippen MR) is 89.1 cm³/mol. The van der Waals surface area contributed by atoms with Gasteiger partial charge in [0, 0.05) is 11.4 Å². The van der Waals surface area contributed by atoms with E-state index in [0.717, 1.165) is 28.9 Å². The van der Waals surface area contributed by atoms with E-state index in [4.69, 9.17) is 0 Å². The van der Waals surface area contributed by atoms with Gasteiger partial charge in [0.2, 0.25) is 5.91 Å². The minimum atomic E-state index is -4.39. The molecular weight excluding hydrogens is 317 g/mol. The van der Waals surface area contributed by atoms with Crippen LogP contribution in [-0.2, 0) is 11.0 Å². The summed E-state index contributed by atoms with van der Waals surface area (Å²) in [6.45, 7) is 5.67. The van der Waals surface area contributed by atoms with Crippen LogP contribution in [-0.4, -0.2) is 11.9 Å². The molecule has 2 N–H and O–H groups in total. The Balaban J connectivity index is 1.99. The Kier molecular flexibility index (Phi) is 5.17. The zero-order valence-corrected chi connectivity index (χ0v) is 13.7. The van der Waals surface area contributed by atoms with Crippen LogP contribution in [0.25, 0.3) is 0 Å². The predicted octanol–water partition coefficient (Wildman–Crippen LogP) is 4.76. The molecule has 0 aliphatic carbocycles. The van der Waals surface area contributed by atoms with Crippen LogP contribution >= 0.6 is 0 Å². The number of hydrogen-bond donors (Lipinski definition) is 2. The van der Waals surface area contributed by atoms with E-state index in [0.29, 0.717) is 5.69 Å². The molecule has 0 bridgehead atoms. The maximum atomic E-state index is 12.5. The molecule has 2 rings (SSSR count). The molecule has 0 unspecified atom stereocenters. The first-order chi connectivity index (χ1) is 11.2. The highest BCUT2D eigenvalue weighted by molar-refractivity contribution is 5.96. The molecule has 2 aromatic carbocycles. The van der Waals surface area contributed by atoms with Crippen molar-refractivity contribution in [3.63, 3.8) is 0 Å². The van der Waals surface area contributed by atoms with Gasteiger partial charge >= 0.3 is 6.18 Å². The first-order valence-electron chi connectivity index (χ1n) is 7.49. The van der Waals surface area contributed by atoms with E-state index in [9.17, 15) is 18.0 Å². The summed E-state index contributed by atoms with van der Waals surface area (Å²) in [6.07, 6.45) is -4.39. The van der Waals surface area contributed by atoms with Crippen LogP contribution in [0.3, 0.4) is 0 Å². The molecule has 1 amide bonds. The molecule has 1 atom stereocenters.